The highest BCUT2D eigenvalue weighted by atomic mass is 28.4. The van der Waals surface area contributed by atoms with Crippen molar-refractivity contribution in [2.75, 3.05) is 13.2 Å². The van der Waals surface area contributed by atoms with Crippen molar-refractivity contribution in [3.63, 3.8) is 0 Å². The summed E-state index contributed by atoms with van der Waals surface area (Å²) in [5.41, 5.74) is -4.24. The Morgan fingerprint density at radius 3 is 1.47 bits per heavy atom. The van der Waals surface area contributed by atoms with E-state index in [1.54, 1.807) is 99.3 Å². The quantitative estimate of drug-likeness (QED) is 0.0852. The smallest absolute Gasteiger partial charge is 0.349 e. The van der Waals surface area contributed by atoms with Crippen LogP contribution in [0.15, 0.2) is 128 Å². The summed E-state index contributed by atoms with van der Waals surface area (Å²) in [5, 5.41) is 64.3. The number of nitriles is 2. The van der Waals surface area contributed by atoms with E-state index in [-0.39, 0.29) is 74.8 Å². The largest absolute Gasteiger partial charge is 0.482 e. The first-order valence-corrected chi connectivity index (χ1v) is 34.5. The van der Waals surface area contributed by atoms with Crippen LogP contribution in [0, 0.1) is 68.0 Å². The summed E-state index contributed by atoms with van der Waals surface area (Å²) >= 11 is 0. The maximum atomic E-state index is 13.9. The average molecular weight is 1310 g/mol. The third-order valence-corrected chi connectivity index (χ3v) is 28.4. The number of aliphatic hydroxyl groups excluding tert-OH is 4. The van der Waals surface area contributed by atoms with Crippen molar-refractivity contribution in [1.82, 2.24) is 9.97 Å². The van der Waals surface area contributed by atoms with E-state index in [0.717, 1.165) is 6.42 Å². The van der Waals surface area contributed by atoms with Gasteiger partial charge in [-0.3, -0.25) is 9.97 Å². The number of esters is 2. The highest BCUT2D eigenvalue weighted by molar-refractivity contribution is 6.73. The van der Waals surface area contributed by atoms with Crippen LogP contribution in [0.1, 0.15) is 177 Å². The zero-order chi connectivity index (χ0) is 68.4. The van der Waals surface area contributed by atoms with Gasteiger partial charge in [0, 0.05) is 87.4 Å². The third kappa shape index (κ3) is 10.7. The Morgan fingerprint density at radius 1 is 0.632 bits per heavy atom. The minimum atomic E-state index is -2.81. The molecule has 4 aliphatic carbocycles. The van der Waals surface area contributed by atoms with Gasteiger partial charge in [0.15, 0.2) is 0 Å². The van der Waals surface area contributed by atoms with Crippen LogP contribution in [-0.4, -0.2) is 99.7 Å². The number of nitrogens with zero attached hydrogens (tertiary/aromatic N) is 4. The van der Waals surface area contributed by atoms with E-state index >= 15 is 0 Å². The number of hydrogen-bond acceptors (Lipinski definition) is 20. The predicted octanol–water partition coefficient (Wildman–Crippen LogP) is 11.7. The van der Waals surface area contributed by atoms with Crippen LogP contribution in [0.25, 0.3) is 22.6 Å². The second-order valence-corrected chi connectivity index (χ2v) is 35.5. The molecule has 2 aromatic carbocycles. The predicted molar refractivity (Wildman–Crippen MR) is 348 cm³/mol. The molecule has 1 saturated heterocycles. The number of carbonyl (C=O) groups excluding carboxylic acids is 2. The van der Waals surface area contributed by atoms with Crippen LogP contribution in [0.5, 0.6) is 11.5 Å². The molecule has 16 atom stereocenters. The van der Waals surface area contributed by atoms with E-state index in [1.165, 1.54) is 24.3 Å². The highest BCUT2D eigenvalue weighted by Crippen LogP contribution is 2.71. The van der Waals surface area contributed by atoms with Crippen molar-refractivity contribution < 1.29 is 66.6 Å². The van der Waals surface area contributed by atoms with Crippen LogP contribution < -0.4 is 20.7 Å². The lowest BCUT2D eigenvalue weighted by atomic mass is 9.42. The van der Waals surface area contributed by atoms with E-state index in [1.807, 2.05) is 19.9 Å². The fraction of sp³-hybridized carbons (Fsp3) is 0.514. The van der Waals surface area contributed by atoms with Gasteiger partial charge in [0.05, 0.1) is 65.4 Å². The first kappa shape index (κ1) is 67.1. The van der Waals surface area contributed by atoms with Gasteiger partial charge in [-0.25, -0.2) is 19.2 Å². The molecule has 0 spiro atoms. The first-order chi connectivity index (χ1) is 44.7. The second kappa shape index (κ2) is 23.7. The van der Waals surface area contributed by atoms with Crippen molar-refractivity contribution in [2.45, 2.75) is 180 Å². The van der Waals surface area contributed by atoms with Crippen molar-refractivity contribution in [3.8, 4) is 46.3 Å². The van der Waals surface area contributed by atoms with Gasteiger partial charge in [0.1, 0.15) is 57.6 Å². The molecule has 20 nitrogen and oxygen atoms in total. The van der Waals surface area contributed by atoms with Gasteiger partial charge in [-0.1, -0.05) is 69.2 Å². The Kier molecular flexibility index (Phi) is 16.8. The summed E-state index contributed by atoms with van der Waals surface area (Å²) in [7, 11) is -2.81. The van der Waals surface area contributed by atoms with Crippen LogP contribution in [0.3, 0.4) is 0 Å². The molecule has 4 N–H and O–H groups in total. The Balaban J connectivity index is 0.000000185. The zero-order valence-electron chi connectivity index (χ0n) is 55.8. The van der Waals surface area contributed by atoms with Crippen molar-refractivity contribution in [3.05, 3.63) is 164 Å². The Bertz CT molecular complexity index is 4150. The number of aromatic nitrogens is 2. The molecular weight excluding hydrogens is 1230 g/mol. The minimum Gasteiger partial charge on any atom is -0.482 e. The lowest BCUT2D eigenvalue weighted by Gasteiger charge is -2.69. The molecule has 6 aromatic rings. The van der Waals surface area contributed by atoms with Gasteiger partial charge in [-0.2, -0.15) is 10.5 Å². The molecule has 5 fully saturated rings. The van der Waals surface area contributed by atoms with E-state index in [2.05, 4.69) is 71.4 Å². The molecule has 3 aliphatic heterocycles. The van der Waals surface area contributed by atoms with Crippen LogP contribution >= 0.6 is 0 Å². The Morgan fingerprint density at radius 2 is 1.06 bits per heavy atom. The summed E-state index contributed by atoms with van der Waals surface area (Å²) in [6.07, 6.45) is 3.97. The number of benzene rings is 2. The summed E-state index contributed by atoms with van der Waals surface area (Å²) in [4.78, 5) is 62.9. The number of hydrogen-bond donors (Lipinski definition) is 4. The molecule has 0 bridgehead atoms. The average Bonchev–Trinajstić information content (AvgIpc) is 0.687. The number of fused-ring (bicyclic) bond motifs is 10. The van der Waals surface area contributed by atoms with E-state index in [9.17, 15) is 44.9 Å². The van der Waals surface area contributed by atoms with Gasteiger partial charge in [0.25, 0.3) is 0 Å². The standard InChI is InChI=1S/C41H50N2O8Si.C33H34N2O8/c1-37(2,3)52(38(4,5)6)47-23-40(8)29-20-31(49-35(45)25-14-12-24(21-42)13-15-25)41(9)34(39(29,7)17-16-30(40)51-52)33(44)32-28(50-41)19-27(48-36(32)46)26-11-10-18-43-22-26;1-31-11-10-24(37)32(2,17-36)23(31)14-25(42-29(39)19-8-6-18(15-34)7-9-19)33(3)28(31)27(38)26-22(43-33)13-21(41-30(26)40)20-5-4-12-35-16-20/h10-15,18-19,22,29-31,33-34,44H,16-17,20,23H2,1-9H3;4-9,12-13,16,23-25,27-28,36-38H,10-11,14,17H2,1-3H3/t29?,30-,31-,33-,34?,39-,40-,41+;23?,24-,25-,27-,28?,31-,32-,33+/m00/s1. The monoisotopic (exact) mass is 1310 g/mol. The molecule has 0 radical (unpaired) electrons. The molecule has 4 saturated carbocycles. The van der Waals surface area contributed by atoms with Gasteiger partial charge in [-0.05, 0) is 148 Å². The van der Waals surface area contributed by atoms with E-state index in [4.69, 9.17) is 41.9 Å². The molecule has 0 amide bonds. The number of rotatable bonds is 7. The van der Waals surface area contributed by atoms with Gasteiger partial charge >= 0.3 is 31.8 Å². The van der Waals surface area contributed by atoms with Crippen LogP contribution in [0.2, 0.25) is 10.1 Å². The molecular formula is C74H84N4O16Si. The topological polar surface area (TPSA) is 304 Å². The zero-order valence-corrected chi connectivity index (χ0v) is 56.8. The summed E-state index contributed by atoms with van der Waals surface area (Å²) in [5.74, 6) is -2.41. The number of ether oxygens (including phenoxy) is 4. The number of pyridine rings is 2. The number of aliphatic hydroxyl groups is 4. The molecule has 95 heavy (non-hydrogen) atoms. The highest BCUT2D eigenvalue weighted by Gasteiger charge is 2.74. The van der Waals surface area contributed by atoms with Crippen LogP contribution in [-0.2, 0) is 18.3 Å². The second-order valence-electron chi connectivity index (χ2n) is 30.8. The molecule has 4 unspecified atom stereocenters. The molecule has 500 valence electrons. The van der Waals surface area contributed by atoms with Crippen molar-refractivity contribution in [1.29, 1.82) is 10.5 Å². The SMILES string of the molecule is CC(C)(C)[Si]1(C(C)(C)C)OC[C@@]2(C)C3C[C@H](OC(=O)c4ccc(C#N)cc4)[C@@]4(C)Oc5cc(-c6cccnc6)oc(=O)c5[C@H](O)C4[C@@]3(C)CC[C@@H]2O1.C[C@]12CC[C@H](O)[C@@](C)(CO)C1C[C@H](OC(=O)c1ccc(C#N)cc1)[C@@]1(C)Oc3cc(-c4cccnc4)oc(=O)c3[C@H](O)C21. The molecule has 7 heterocycles. The number of carbonyl (C=O) groups is 2. The normalized spacial score (nSPS) is 34.0. The van der Waals surface area contributed by atoms with Crippen molar-refractivity contribution >= 4 is 20.5 Å². The van der Waals surface area contributed by atoms with E-state index < -0.39 is 113 Å². The Labute approximate surface area is 553 Å². The molecule has 7 aliphatic rings. The fourth-order valence-corrected chi connectivity index (χ4v) is 24.0. The van der Waals surface area contributed by atoms with Crippen molar-refractivity contribution in [2.24, 2.45) is 45.3 Å². The van der Waals surface area contributed by atoms with Gasteiger partial charge < -0.3 is 57.1 Å². The summed E-state index contributed by atoms with van der Waals surface area (Å²) < 4.78 is 52.1. The first-order valence-electron chi connectivity index (χ1n) is 32.7. The summed E-state index contributed by atoms with van der Waals surface area (Å²) in [6.45, 7) is 25.3. The fourth-order valence-electron chi connectivity index (χ4n) is 18.8. The van der Waals surface area contributed by atoms with E-state index in [0.29, 0.717) is 60.1 Å². The maximum absolute atomic E-state index is 13.9. The molecule has 21 heteroatoms. The Hall–Kier alpha value is -7.86. The molecule has 13 rings (SSSR count). The third-order valence-electron chi connectivity index (χ3n) is 23.3. The van der Waals surface area contributed by atoms with Crippen LogP contribution in [0.4, 0.5) is 0 Å². The lowest BCUT2D eigenvalue weighted by Crippen LogP contribution is -2.74. The summed E-state index contributed by atoms with van der Waals surface area (Å²) in [6, 6.07) is 26.6. The lowest BCUT2D eigenvalue weighted by molar-refractivity contribution is -0.270. The van der Waals surface area contributed by atoms with Gasteiger partial charge in [0.2, 0.25) is 0 Å². The maximum Gasteiger partial charge on any atom is 0.349 e. The van der Waals surface area contributed by atoms with Gasteiger partial charge in [-0.15, -0.1) is 0 Å². The minimum absolute atomic E-state index is 0.0222. The molecule has 4 aromatic heterocycles.